The van der Waals surface area contributed by atoms with E-state index in [1.54, 1.807) is 6.07 Å². The number of hydrogen-bond acceptors (Lipinski definition) is 4. The van der Waals surface area contributed by atoms with Gasteiger partial charge in [0.25, 0.3) is 5.91 Å². The Hall–Kier alpha value is -2.39. The SMILES string of the molecule is N#Cc1cccc(C(=O)N[C@@H](CCO)C(=O)O)c1. The molecule has 1 aromatic rings. The van der Waals surface area contributed by atoms with Crippen molar-refractivity contribution in [1.82, 2.24) is 5.32 Å². The second-order valence-electron chi connectivity index (χ2n) is 3.57. The van der Waals surface area contributed by atoms with Crippen molar-refractivity contribution in [1.29, 1.82) is 5.26 Å². The highest BCUT2D eigenvalue weighted by molar-refractivity contribution is 5.96. The molecule has 0 fully saturated rings. The Morgan fingerprint density at radius 3 is 2.72 bits per heavy atom. The van der Waals surface area contributed by atoms with Gasteiger partial charge in [-0.15, -0.1) is 0 Å². The molecule has 1 rings (SSSR count). The van der Waals surface area contributed by atoms with Crippen molar-refractivity contribution in [3.8, 4) is 6.07 Å². The molecule has 0 unspecified atom stereocenters. The number of carboxylic acid groups (broad SMARTS) is 1. The number of nitrogens with one attached hydrogen (secondary N) is 1. The fraction of sp³-hybridized carbons (Fsp3) is 0.250. The highest BCUT2D eigenvalue weighted by Crippen LogP contribution is 2.05. The minimum Gasteiger partial charge on any atom is -0.480 e. The molecule has 0 saturated carbocycles. The van der Waals surface area contributed by atoms with Gasteiger partial charge in [-0.2, -0.15) is 5.26 Å². The number of amides is 1. The smallest absolute Gasteiger partial charge is 0.326 e. The van der Waals surface area contributed by atoms with Crippen LogP contribution in [0.4, 0.5) is 0 Å². The van der Waals surface area contributed by atoms with Crippen LogP contribution in [0.5, 0.6) is 0 Å². The first-order valence-electron chi connectivity index (χ1n) is 5.23. The van der Waals surface area contributed by atoms with Crippen molar-refractivity contribution in [2.75, 3.05) is 6.61 Å². The van der Waals surface area contributed by atoms with Crippen LogP contribution in [0.1, 0.15) is 22.3 Å². The van der Waals surface area contributed by atoms with Crippen molar-refractivity contribution >= 4 is 11.9 Å². The maximum Gasteiger partial charge on any atom is 0.326 e. The summed E-state index contributed by atoms with van der Waals surface area (Å²) in [5.41, 5.74) is 0.523. The Kier molecular flexibility index (Phi) is 4.84. The van der Waals surface area contributed by atoms with Crippen LogP contribution in [0.25, 0.3) is 0 Å². The van der Waals surface area contributed by atoms with Crippen molar-refractivity contribution < 1.29 is 19.8 Å². The van der Waals surface area contributed by atoms with E-state index in [1.807, 2.05) is 6.07 Å². The van der Waals surface area contributed by atoms with E-state index in [2.05, 4.69) is 5.32 Å². The first-order valence-corrected chi connectivity index (χ1v) is 5.23. The van der Waals surface area contributed by atoms with Gasteiger partial charge in [-0.3, -0.25) is 4.79 Å². The van der Waals surface area contributed by atoms with Gasteiger partial charge in [0, 0.05) is 18.6 Å². The fourth-order valence-corrected chi connectivity index (χ4v) is 1.36. The summed E-state index contributed by atoms with van der Waals surface area (Å²) in [5, 5.41) is 28.5. The first kappa shape index (κ1) is 13.7. The molecule has 0 aliphatic rings. The van der Waals surface area contributed by atoms with E-state index >= 15 is 0 Å². The number of carbonyl (C=O) groups excluding carboxylic acids is 1. The van der Waals surface area contributed by atoms with Crippen molar-refractivity contribution in [2.24, 2.45) is 0 Å². The molecule has 0 saturated heterocycles. The van der Waals surface area contributed by atoms with Gasteiger partial charge in [-0.05, 0) is 18.2 Å². The average molecular weight is 248 g/mol. The van der Waals surface area contributed by atoms with E-state index in [-0.39, 0.29) is 18.6 Å². The van der Waals surface area contributed by atoms with Gasteiger partial charge < -0.3 is 15.5 Å². The van der Waals surface area contributed by atoms with Gasteiger partial charge in [0.1, 0.15) is 6.04 Å². The van der Waals surface area contributed by atoms with E-state index in [1.165, 1.54) is 18.2 Å². The van der Waals surface area contributed by atoms with Gasteiger partial charge in [-0.25, -0.2) is 4.79 Å². The average Bonchev–Trinajstić information content (AvgIpc) is 2.38. The molecular weight excluding hydrogens is 236 g/mol. The summed E-state index contributed by atoms with van der Waals surface area (Å²) in [6.45, 7) is -0.338. The Bertz CT molecular complexity index is 493. The summed E-state index contributed by atoms with van der Waals surface area (Å²) >= 11 is 0. The number of nitrogens with zero attached hydrogens (tertiary/aromatic N) is 1. The van der Waals surface area contributed by atoms with Gasteiger partial charge in [0.05, 0.1) is 11.6 Å². The second-order valence-corrected chi connectivity index (χ2v) is 3.57. The number of aliphatic carboxylic acids is 1. The molecule has 6 heteroatoms. The lowest BCUT2D eigenvalue weighted by molar-refractivity contribution is -0.139. The molecule has 6 nitrogen and oxygen atoms in total. The van der Waals surface area contributed by atoms with Crippen LogP contribution in [-0.4, -0.2) is 34.7 Å². The zero-order chi connectivity index (χ0) is 13.5. The van der Waals surface area contributed by atoms with E-state index in [9.17, 15) is 9.59 Å². The molecule has 0 spiro atoms. The minimum atomic E-state index is -1.21. The summed E-state index contributed by atoms with van der Waals surface area (Å²) in [6, 6.07) is 6.67. The number of nitriles is 1. The number of carbonyl (C=O) groups is 2. The Morgan fingerprint density at radius 2 is 2.17 bits per heavy atom. The monoisotopic (exact) mass is 248 g/mol. The molecule has 1 atom stereocenters. The van der Waals surface area contributed by atoms with Gasteiger partial charge in [0.15, 0.2) is 0 Å². The number of aliphatic hydroxyl groups excluding tert-OH is 1. The van der Waals surface area contributed by atoms with E-state index < -0.39 is 17.9 Å². The number of hydrogen-bond donors (Lipinski definition) is 3. The van der Waals surface area contributed by atoms with Crippen LogP contribution in [0.3, 0.4) is 0 Å². The summed E-state index contributed by atoms with van der Waals surface area (Å²) < 4.78 is 0. The van der Waals surface area contributed by atoms with E-state index in [0.717, 1.165) is 0 Å². The largest absolute Gasteiger partial charge is 0.480 e. The molecule has 0 aromatic heterocycles. The summed E-state index contributed by atoms with van der Waals surface area (Å²) in [5.74, 6) is -1.80. The van der Waals surface area contributed by atoms with Crippen LogP contribution >= 0.6 is 0 Å². The normalized spacial score (nSPS) is 11.3. The maximum absolute atomic E-state index is 11.7. The number of rotatable bonds is 5. The third-order valence-electron chi connectivity index (χ3n) is 2.28. The highest BCUT2D eigenvalue weighted by atomic mass is 16.4. The van der Waals surface area contributed by atoms with Crippen molar-refractivity contribution in [3.05, 3.63) is 35.4 Å². The standard InChI is InChI=1S/C12H12N2O4/c13-7-8-2-1-3-9(6-8)11(16)14-10(4-5-15)12(17)18/h1-3,6,10,15H,4-5H2,(H,14,16)(H,17,18)/t10-/m0/s1. The van der Waals surface area contributed by atoms with Crippen molar-refractivity contribution in [3.63, 3.8) is 0 Å². The third kappa shape index (κ3) is 3.57. The quantitative estimate of drug-likeness (QED) is 0.685. The van der Waals surface area contributed by atoms with Crippen LogP contribution in [0.2, 0.25) is 0 Å². The predicted octanol–water partition coefficient (Wildman–Crippen LogP) is 0.124. The molecule has 0 aliphatic heterocycles. The summed E-state index contributed by atoms with van der Waals surface area (Å²) in [7, 11) is 0. The van der Waals surface area contributed by atoms with Crippen molar-refractivity contribution in [2.45, 2.75) is 12.5 Å². The topological polar surface area (TPSA) is 110 Å². The lowest BCUT2D eigenvalue weighted by Gasteiger charge is -2.13. The predicted molar refractivity (Wildman–Crippen MR) is 61.7 cm³/mol. The zero-order valence-corrected chi connectivity index (χ0v) is 9.46. The van der Waals surface area contributed by atoms with Crippen LogP contribution in [-0.2, 0) is 4.79 Å². The molecule has 18 heavy (non-hydrogen) atoms. The van der Waals surface area contributed by atoms with Gasteiger partial charge in [0.2, 0.25) is 0 Å². The molecule has 0 heterocycles. The Morgan fingerprint density at radius 1 is 1.44 bits per heavy atom. The van der Waals surface area contributed by atoms with E-state index in [4.69, 9.17) is 15.5 Å². The molecule has 1 aromatic carbocycles. The first-order chi connectivity index (χ1) is 8.58. The molecule has 0 radical (unpaired) electrons. The lowest BCUT2D eigenvalue weighted by Crippen LogP contribution is -2.41. The van der Waals surface area contributed by atoms with Gasteiger partial charge in [-0.1, -0.05) is 6.07 Å². The Balaban J connectivity index is 2.80. The molecular formula is C12H12N2O4. The summed E-state index contributed by atoms with van der Waals surface area (Å²) in [6.07, 6.45) is -0.0704. The molecule has 3 N–H and O–H groups in total. The molecule has 0 aliphatic carbocycles. The van der Waals surface area contributed by atoms with Gasteiger partial charge >= 0.3 is 5.97 Å². The van der Waals surface area contributed by atoms with E-state index in [0.29, 0.717) is 5.56 Å². The minimum absolute atomic E-state index is 0.0704. The third-order valence-corrected chi connectivity index (χ3v) is 2.28. The fourth-order valence-electron chi connectivity index (χ4n) is 1.36. The zero-order valence-electron chi connectivity index (χ0n) is 9.46. The summed E-state index contributed by atoms with van der Waals surface area (Å²) in [4.78, 5) is 22.5. The highest BCUT2D eigenvalue weighted by Gasteiger charge is 2.19. The van der Waals surface area contributed by atoms with Crippen LogP contribution in [0.15, 0.2) is 24.3 Å². The van der Waals surface area contributed by atoms with Crippen LogP contribution in [0, 0.1) is 11.3 Å². The molecule has 0 bridgehead atoms. The number of aliphatic hydroxyl groups is 1. The maximum atomic E-state index is 11.7. The molecule has 1 amide bonds. The number of carboxylic acids is 1. The second kappa shape index (κ2) is 6.37. The lowest BCUT2D eigenvalue weighted by atomic mass is 10.1. The Labute approximate surface area is 103 Å². The van der Waals surface area contributed by atoms with Crippen LogP contribution < -0.4 is 5.32 Å². The number of benzene rings is 1. The molecule has 94 valence electrons.